The predicted octanol–water partition coefficient (Wildman–Crippen LogP) is 3.90. The topological polar surface area (TPSA) is 89.9 Å². The first-order valence-electron chi connectivity index (χ1n) is 10.1. The lowest BCUT2D eigenvalue weighted by Crippen LogP contribution is -2.51. The number of hydrogen-bond donors (Lipinski definition) is 3. The molecule has 5 rings (SSSR count). The number of carbonyl (C=O) groups is 2. The quantitative estimate of drug-likeness (QED) is 0.394. The molecule has 0 unspecified atom stereocenters. The molecule has 0 aliphatic heterocycles. The zero-order valence-electron chi connectivity index (χ0n) is 16.0. The highest BCUT2D eigenvalue weighted by Crippen LogP contribution is 2.60. The summed E-state index contributed by atoms with van der Waals surface area (Å²) in [4.78, 5) is 24.6. The normalized spacial score (nSPS) is 30.5. The SMILES string of the molecule is O=C(C=Cc1ccc(CN(CC23CC4CC(CC(C4)C2)C3)C(=O)O)cc1)NO. The van der Waals surface area contributed by atoms with Gasteiger partial charge in [-0.25, -0.2) is 10.3 Å². The molecule has 0 aromatic heterocycles. The van der Waals surface area contributed by atoms with Crippen LogP contribution in [0.3, 0.4) is 0 Å². The zero-order chi connectivity index (χ0) is 19.7. The Hall–Kier alpha value is -2.34. The van der Waals surface area contributed by atoms with Gasteiger partial charge in [-0.1, -0.05) is 24.3 Å². The molecule has 4 bridgehead atoms. The lowest BCUT2D eigenvalue weighted by atomic mass is 9.49. The molecule has 0 radical (unpaired) electrons. The minimum absolute atomic E-state index is 0.188. The van der Waals surface area contributed by atoms with E-state index in [0.717, 1.165) is 28.9 Å². The van der Waals surface area contributed by atoms with E-state index in [1.165, 1.54) is 44.6 Å². The van der Waals surface area contributed by atoms with Crippen molar-refractivity contribution in [1.82, 2.24) is 10.4 Å². The lowest BCUT2D eigenvalue weighted by molar-refractivity contribution is -0.124. The monoisotopic (exact) mass is 384 g/mol. The summed E-state index contributed by atoms with van der Waals surface area (Å²) >= 11 is 0. The number of benzene rings is 1. The van der Waals surface area contributed by atoms with Crippen LogP contribution in [0.4, 0.5) is 4.79 Å². The Morgan fingerprint density at radius 1 is 1.07 bits per heavy atom. The number of hydroxylamine groups is 1. The maximum Gasteiger partial charge on any atom is 0.407 e. The summed E-state index contributed by atoms with van der Waals surface area (Å²) in [6.45, 7) is 1.03. The Bertz CT molecular complexity index is 736. The van der Waals surface area contributed by atoms with Crippen LogP contribution >= 0.6 is 0 Å². The molecule has 1 aromatic carbocycles. The summed E-state index contributed by atoms with van der Waals surface area (Å²) in [6.07, 6.45) is 9.64. The molecule has 0 atom stereocenters. The Kier molecular flexibility index (Phi) is 5.15. The van der Waals surface area contributed by atoms with Crippen molar-refractivity contribution >= 4 is 18.1 Å². The van der Waals surface area contributed by atoms with Crippen LogP contribution in [0.25, 0.3) is 6.08 Å². The van der Waals surface area contributed by atoms with E-state index in [4.69, 9.17) is 5.21 Å². The van der Waals surface area contributed by atoms with Crippen molar-refractivity contribution in [3.05, 3.63) is 41.5 Å². The Labute approximate surface area is 165 Å². The van der Waals surface area contributed by atoms with E-state index in [9.17, 15) is 14.7 Å². The minimum Gasteiger partial charge on any atom is -0.465 e. The van der Waals surface area contributed by atoms with Crippen molar-refractivity contribution in [3.8, 4) is 0 Å². The average Bonchev–Trinajstić information content (AvgIpc) is 2.65. The third-order valence-corrected chi connectivity index (χ3v) is 6.85. The molecule has 0 saturated heterocycles. The smallest absolute Gasteiger partial charge is 0.407 e. The van der Waals surface area contributed by atoms with Gasteiger partial charge in [0.05, 0.1) is 0 Å². The molecule has 4 aliphatic carbocycles. The molecule has 4 aliphatic rings. The van der Waals surface area contributed by atoms with E-state index in [1.54, 1.807) is 16.5 Å². The molecule has 3 N–H and O–H groups in total. The van der Waals surface area contributed by atoms with Gasteiger partial charge in [0, 0.05) is 19.2 Å². The van der Waals surface area contributed by atoms with Gasteiger partial charge >= 0.3 is 6.09 Å². The van der Waals surface area contributed by atoms with E-state index < -0.39 is 12.0 Å². The van der Waals surface area contributed by atoms with Crippen molar-refractivity contribution < 1.29 is 19.9 Å². The Morgan fingerprint density at radius 3 is 2.14 bits per heavy atom. The summed E-state index contributed by atoms with van der Waals surface area (Å²) in [7, 11) is 0. The summed E-state index contributed by atoms with van der Waals surface area (Å²) in [5.41, 5.74) is 3.49. The number of amides is 2. The first kappa shape index (κ1) is 19.0. The zero-order valence-corrected chi connectivity index (χ0v) is 16.0. The van der Waals surface area contributed by atoms with Crippen LogP contribution in [0, 0.1) is 23.2 Å². The molecule has 6 heteroatoms. The van der Waals surface area contributed by atoms with E-state index in [2.05, 4.69) is 0 Å². The van der Waals surface area contributed by atoms with Crippen LogP contribution < -0.4 is 5.48 Å². The summed E-state index contributed by atoms with van der Waals surface area (Å²) in [5, 5.41) is 18.3. The lowest BCUT2D eigenvalue weighted by Gasteiger charge is -2.57. The summed E-state index contributed by atoms with van der Waals surface area (Å²) < 4.78 is 0. The van der Waals surface area contributed by atoms with Crippen LogP contribution in [0.2, 0.25) is 0 Å². The molecular weight excluding hydrogens is 356 g/mol. The number of rotatable bonds is 6. The fourth-order valence-electron chi connectivity index (χ4n) is 6.24. The highest BCUT2D eigenvalue weighted by Gasteiger charge is 2.51. The van der Waals surface area contributed by atoms with Crippen LogP contribution in [0.1, 0.15) is 49.7 Å². The standard InChI is InChI=1S/C22H28N2O4/c25-20(23-28)6-5-15-1-3-16(4-2-15)13-24(21(26)27)14-22-10-17-7-18(11-22)9-19(8-17)12-22/h1-6,17-19,28H,7-14H2,(H,23,25)(H,26,27). The Morgan fingerprint density at radius 2 is 1.64 bits per heavy atom. The van der Waals surface area contributed by atoms with E-state index in [-0.39, 0.29) is 5.41 Å². The summed E-state index contributed by atoms with van der Waals surface area (Å²) in [5.74, 6) is 1.84. The van der Waals surface area contributed by atoms with Crippen molar-refractivity contribution in [1.29, 1.82) is 0 Å². The van der Waals surface area contributed by atoms with E-state index in [0.29, 0.717) is 13.1 Å². The molecule has 2 amide bonds. The first-order valence-corrected chi connectivity index (χ1v) is 10.1. The molecular formula is C22H28N2O4. The fraction of sp³-hybridized carbons (Fsp3) is 0.545. The number of carbonyl (C=O) groups excluding carboxylic acids is 1. The van der Waals surface area contributed by atoms with Gasteiger partial charge in [-0.15, -0.1) is 0 Å². The predicted molar refractivity (Wildman–Crippen MR) is 104 cm³/mol. The van der Waals surface area contributed by atoms with Crippen molar-refractivity contribution in [2.45, 2.75) is 45.1 Å². The first-order chi connectivity index (χ1) is 13.4. The highest BCUT2D eigenvalue weighted by atomic mass is 16.5. The molecule has 4 saturated carbocycles. The maximum absolute atomic E-state index is 12.0. The van der Waals surface area contributed by atoms with E-state index in [1.807, 2.05) is 24.3 Å². The van der Waals surface area contributed by atoms with Crippen LogP contribution in [-0.2, 0) is 11.3 Å². The minimum atomic E-state index is -0.848. The third kappa shape index (κ3) is 4.07. The highest BCUT2D eigenvalue weighted by molar-refractivity contribution is 5.90. The van der Waals surface area contributed by atoms with Gasteiger partial charge in [0.2, 0.25) is 0 Å². The summed E-state index contributed by atoms with van der Waals surface area (Å²) in [6, 6.07) is 7.49. The number of nitrogens with zero attached hydrogens (tertiary/aromatic N) is 1. The average molecular weight is 384 g/mol. The molecule has 0 spiro atoms. The second kappa shape index (κ2) is 7.59. The van der Waals surface area contributed by atoms with Crippen LogP contribution in [-0.4, -0.2) is 33.8 Å². The molecule has 150 valence electrons. The number of carboxylic acid groups (broad SMARTS) is 1. The molecule has 28 heavy (non-hydrogen) atoms. The van der Waals surface area contributed by atoms with Crippen molar-refractivity contribution in [2.24, 2.45) is 23.2 Å². The van der Waals surface area contributed by atoms with Gasteiger partial charge in [0.15, 0.2) is 0 Å². The molecule has 6 nitrogen and oxygen atoms in total. The number of hydrogen-bond acceptors (Lipinski definition) is 3. The molecule has 4 fully saturated rings. The maximum atomic E-state index is 12.0. The van der Waals surface area contributed by atoms with Gasteiger partial charge in [-0.05, 0) is 78.9 Å². The largest absolute Gasteiger partial charge is 0.465 e. The van der Waals surface area contributed by atoms with E-state index >= 15 is 0 Å². The van der Waals surface area contributed by atoms with Crippen LogP contribution in [0.5, 0.6) is 0 Å². The Balaban J connectivity index is 1.42. The van der Waals surface area contributed by atoms with Gasteiger partial charge in [0.1, 0.15) is 0 Å². The molecule has 0 heterocycles. The molecule has 1 aromatic rings. The third-order valence-electron chi connectivity index (χ3n) is 6.85. The van der Waals surface area contributed by atoms with Gasteiger partial charge in [-0.2, -0.15) is 0 Å². The van der Waals surface area contributed by atoms with Gasteiger partial charge in [-0.3, -0.25) is 10.0 Å². The van der Waals surface area contributed by atoms with Gasteiger partial charge < -0.3 is 10.0 Å². The van der Waals surface area contributed by atoms with Gasteiger partial charge in [0.25, 0.3) is 5.91 Å². The second-order valence-corrected chi connectivity index (χ2v) is 9.11. The van der Waals surface area contributed by atoms with Crippen molar-refractivity contribution in [2.75, 3.05) is 6.54 Å². The van der Waals surface area contributed by atoms with Crippen LogP contribution in [0.15, 0.2) is 30.3 Å². The van der Waals surface area contributed by atoms with Crippen molar-refractivity contribution in [3.63, 3.8) is 0 Å². The number of nitrogens with one attached hydrogen (secondary N) is 1. The fourth-order valence-corrected chi connectivity index (χ4v) is 6.24. The second-order valence-electron chi connectivity index (χ2n) is 9.11.